The Morgan fingerprint density at radius 2 is 1.59 bits per heavy atom. The van der Waals surface area contributed by atoms with Gasteiger partial charge in [-0.1, -0.05) is 35.9 Å². The van der Waals surface area contributed by atoms with E-state index in [1.807, 2.05) is 43.4 Å². The summed E-state index contributed by atoms with van der Waals surface area (Å²) in [5.74, 6) is 0. The number of sulfone groups is 1. The molecule has 2 rings (SSSR count). The zero-order chi connectivity index (χ0) is 16.3. The predicted octanol–water partition coefficient (Wildman–Crippen LogP) is 3.94. The van der Waals surface area contributed by atoms with E-state index in [0.717, 1.165) is 17.1 Å². The highest BCUT2D eigenvalue weighted by atomic mass is 35.5. The van der Waals surface area contributed by atoms with Gasteiger partial charge in [0, 0.05) is 23.9 Å². The lowest BCUT2D eigenvalue weighted by Gasteiger charge is -2.25. The van der Waals surface area contributed by atoms with Crippen molar-refractivity contribution in [3.8, 4) is 0 Å². The zero-order valence-electron chi connectivity index (χ0n) is 13.0. The highest BCUT2D eigenvalue weighted by Gasteiger charge is 2.13. The van der Waals surface area contributed by atoms with Gasteiger partial charge in [0.25, 0.3) is 0 Å². The van der Waals surface area contributed by atoms with Crippen molar-refractivity contribution >= 4 is 21.4 Å². The van der Waals surface area contributed by atoms with Gasteiger partial charge in [0.2, 0.25) is 0 Å². The minimum atomic E-state index is -3.14. The molecule has 1 atom stereocenters. The minimum Gasteiger partial charge on any atom is -0.295 e. The molecule has 0 amide bonds. The van der Waals surface area contributed by atoms with Gasteiger partial charge in [-0.3, -0.25) is 4.90 Å². The van der Waals surface area contributed by atoms with E-state index < -0.39 is 9.84 Å². The second kappa shape index (κ2) is 6.82. The molecule has 0 aliphatic rings. The van der Waals surface area contributed by atoms with Crippen molar-refractivity contribution in [1.82, 2.24) is 4.90 Å². The van der Waals surface area contributed by atoms with E-state index in [1.165, 1.54) is 11.8 Å². The van der Waals surface area contributed by atoms with Gasteiger partial charge < -0.3 is 0 Å². The summed E-state index contributed by atoms with van der Waals surface area (Å²) in [7, 11) is -1.10. The van der Waals surface area contributed by atoms with Crippen LogP contribution in [0.15, 0.2) is 53.4 Å². The molecule has 3 nitrogen and oxygen atoms in total. The van der Waals surface area contributed by atoms with E-state index in [4.69, 9.17) is 11.6 Å². The smallest absolute Gasteiger partial charge is 0.175 e. The first kappa shape index (κ1) is 17.0. The molecule has 0 N–H and O–H groups in total. The van der Waals surface area contributed by atoms with Crippen LogP contribution in [0.2, 0.25) is 5.02 Å². The van der Waals surface area contributed by atoms with Crippen LogP contribution in [0.4, 0.5) is 0 Å². The van der Waals surface area contributed by atoms with E-state index in [-0.39, 0.29) is 6.04 Å². The summed E-state index contributed by atoms with van der Waals surface area (Å²) in [5, 5.41) is 0.732. The van der Waals surface area contributed by atoms with E-state index in [2.05, 4.69) is 11.8 Å². The van der Waals surface area contributed by atoms with Crippen LogP contribution in [0.3, 0.4) is 0 Å². The maximum Gasteiger partial charge on any atom is 0.175 e. The first-order valence-electron chi connectivity index (χ1n) is 7.02. The van der Waals surface area contributed by atoms with Crippen molar-refractivity contribution in [2.45, 2.75) is 24.4 Å². The summed E-state index contributed by atoms with van der Waals surface area (Å²) in [6.45, 7) is 2.90. The maximum atomic E-state index is 11.5. The topological polar surface area (TPSA) is 37.4 Å². The van der Waals surface area contributed by atoms with Crippen LogP contribution in [-0.4, -0.2) is 26.6 Å². The monoisotopic (exact) mass is 337 g/mol. The van der Waals surface area contributed by atoms with E-state index in [0.29, 0.717) is 4.90 Å². The van der Waals surface area contributed by atoms with Crippen molar-refractivity contribution in [3.63, 3.8) is 0 Å². The van der Waals surface area contributed by atoms with Crippen molar-refractivity contribution < 1.29 is 8.42 Å². The van der Waals surface area contributed by atoms with Gasteiger partial charge in [-0.05, 0) is 49.4 Å². The molecule has 0 saturated carbocycles. The Hall–Kier alpha value is -1.36. The fourth-order valence-electron chi connectivity index (χ4n) is 2.26. The van der Waals surface area contributed by atoms with Gasteiger partial charge in [-0.25, -0.2) is 8.42 Å². The molecule has 118 valence electrons. The SMILES string of the molecule is CC(c1ccc(S(C)(=O)=O)cc1)N(C)Cc1ccc(Cl)cc1. The predicted molar refractivity (Wildman–Crippen MR) is 90.9 cm³/mol. The summed E-state index contributed by atoms with van der Waals surface area (Å²) in [4.78, 5) is 2.56. The van der Waals surface area contributed by atoms with Gasteiger partial charge in [-0.15, -0.1) is 0 Å². The van der Waals surface area contributed by atoms with Gasteiger partial charge in [0.1, 0.15) is 0 Å². The largest absolute Gasteiger partial charge is 0.295 e. The minimum absolute atomic E-state index is 0.185. The Morgan fingerprint density at radius 3 is 2.09 bits per heavy atom. The molecule has 22 heavy (non-hydrogen) atoms. The Morgan fingerprint density at radius 1 is 1.05 bits per heavy atom. The molecule has 1 unspecified atom stereocenters. The average Bonchev–Trinajstić information content (AvgIpc) is 2.48. The Balaban J connectivity index is 2.10. The molecular formula is C17H20ClNO2S. The van der Waals surface area contributed by atoms with Crippen molar-refractivity contribution in [1.29, 1.82) is 0 Å². The number of hydrogen-bond acceptors (Lipinski definition) is 3. The molecule has 0 saturated heterocycles. The van der Waals surface area contributed by atoms with Crippen LogP contribution in [0, 0.1) is 0 Å². The third-order valence-electron chi connectivity index (χ3n) is 3.80. The van der Waals surface area contributed by atoms with E-state index in [9.17, 15) is 8.42 Å². The molecule has 0 bridgehead atoms. The number of halogens is 1. The maximum absolute atomic E-state index is 11.5. The van der Waals surface area contributed by atoms with Crippen LogP contribution >= 0.6 is 11.6 Å². The molecule has 0 fully saturated rings. The normalized spacial score (nSPS) is 13.3. The Bertz CT molecular complexity index is 724. The molecule has 0 aromatic heterocycles. The molecule has 0 spiro atoms. The summed E-state index contributed by atoms with van der Waals surface area (Å²) in [6.07, 6.45) is 1.22. The van der Waals surface area contributed by atoms with E-state index in [1.54, 1.807) is 12.1 Å². The van der Waals surface area contributed by atoms with Gasteiger partial charge >= 0.3 is 0 Å². The van der Waals surface area contributed by atoms with Gasteiger partial charge in [-0.2, -0.15) is 0 Å². The summed E-state index contributed by atoms with van der Waals surface area (Å²) in [6, 6.07) is 15.1. The number of hydrogen-bond donors (Lipinski definition) is 0. The van der Waals surface area contributed by atoms with Crippen LogP contribution in [-0.2, 0) is 16.4 Å². The second-order valence-electron chi connectivity index (χ2n) is 5.56. The summed E-state index contributed by atoms with van der Waals surface area (Å²) < 4.78 is 23.0. The third-order valence-corrected chi connectivity index (χ3v) is 5.18. The fraction of sp³-hybridized carbons (Fsp3) is 0.294. The van der Waals surface area contributed by atoms with Gasteiger partial charge in [0.05, 0.1) is 4.90 Å². The highest BCUT2D eigenvalue weighted by Crippen LogP contribution is 2.22. The number of benzene rings is 2. The lowest BCUT2D eigenvalue weighted by molar-refractivity contribution is 0.253. The molecule has 0 aliphatic heterocycles. The highest BCUT2D eigenvalue weighted by molar-refractivity contribution is 7.90. The van der Waals surface area contributed by atoms with Crippen molar-refractivity contribution in [3.05, 3.63) is 64.7 Å². The van der Waals surface area contributed by atoms with Gasteiger partial charge in [0.15, 0.2) is 9.84 Å². The molecule has 2 aromatic rings. The first-order chi connectivity index (χ1) is 10.3. The molecule has 2 aromatic carbocycles. The first-order valence-corrected chi connectivity index (χ1v) is 9.29. The number of nitrogens with zero attached hydrogens (tertiary/aromatic N) is 1. The molecule has 0 radical (unpaired) electrons. The van der Waals surface area contributed by atoms with E-state index >= 15 is 0 Å². The van der Waals surface area contributed by atoms with Crippen LogP contribution < -0.4 is 0 Å². The average molecular weight is 338 g/mol. The quantitative estimate of drug-likeness (QED) is 0.829. The second-order valence-corrected chi connectivity index (χ2v) is 8.01. The lowest BCUT2D eigenvalue weighted by Crippen LogP contribution is -2.21. The molecule has 0 heterocycles. The van der Waals surface area contributed by atoms with Crippen LogP contribution in [0.25, 0.3) is 0 Å². The number of rotatable bonds is 5. The summed E-state index contributed by atoms with van der Waals surface area (Å²) >= 11 is 5.90. The molecule has 0 aliphatic carbocycles. The Kier molecular flexibility index (Phi) is 5.27. The van der Waals surface area contributed by atoms with Crippen LogP contribution in [0.5, 0.6) is 0 Å². The third kappa shape index (κ3) is 4.32. The lowest BCUT2D eigenvalue weighted by atomic mass is 10.1. The van der Waals surface area contributed by atoms with Crippen molar-refractivity contribution in [2.75, 3.05) is 13.3 Å². The molecule has 5 heteroatoms. The van der Waals surface area contributed by atoms with Crippen molar-refractivity contribution in [2.24, 2.45) is 0 Å². The fourth-order valence-corrected chi connectivity index (χ4v) is 3.02. The summed E-state index contributed by atoms with van der Waals surface area (Å²) in [5.41, 5.74) is 2.27. The zero-order valence-corrected chi connectivity index (χ0v) is 14.5. The standard InChI is InChI=1S/C17H20ClNO2S/c1-13(15-6-10-17(11-7-15)22(3,20)21)19(2)12-14-4-8-16(18)9-5-14/h4-11,13H,12H2,1-3H3. The Labute approximate surface area is 137 Å². The molecular weight excluding hydrogens is 318 g/mol. The van der Waals surface area contributed by atoms with Crippen LogP contribution in [0.1, 0.15) is 24.1 Å².